The number of benzene rings is 1. The van der Waals surface area contributed by atoms with Crippen molar-refractivity contribution in [2.24, 2.45) is 7.05 Å². The summed E-state index contributed by atoms with van der Waals surface area (Å²) < 4.78 is 2.60. The van der Waals surface area contributed by atoms with Crippen molar-refractivity contribution in [2.45, 2.75) is 13.0 Å². The van der Waals surface area contributed by atoms with E-state index in [2.05, 4.69) is 4.98 Å². The molecule has 0 N–H and O–H groups in total. The molecule has 3 aromatic rings. The van der Waals surface area contributed by atoms with Crippen LogP contribution in [0, 0.1) is 0 Å². The zero-order valence-electron chi connectivity index (χ0n) is 12.7. The number of carbonyl (C=O) groups excluding carboxylic acids is 1. The summed E-state index contributed by atoms with van der Waals surface area (Å²) in [6.07, 6.45) is 2.08. The first kappa shape index (κ1) is 14.1. The van der Waals surface area contributed by atoms with E-state index in [1.54, 1.807) is 11.9 Å². The Kier molecular flexibility index (Phi) is 3.27. The standard InChI is InChI=1S/C17H15N3O2S/c1-19-10-18-13-9-20(7-6-12(13)16(19)21)17(22)15-8-11-4-2-3-5-14(11)23-15/h2-5,8,10H,6-7,9H2,1H3. The number of amides is 1. The highest BCUT2D eigenvalue weighted by molar-refractivity contribution is 7.20. The number of aryl methyl sites for hydroxylation is 1. The minimum absolute atomic E-state index is 0.0102. The number of nitrogens with zero attached hydrogens (tertiary/aromatic N) is 3. The first-order valence-corrected chi connectivity index (χ1v) is 8.26. The van der Waals surface area contributed by atoms with Crippen molar-refractivity contribution in [3.05, 3.63) is 63.1 Å². The normalized spacial score (nSPS) is 14.0. The average molecular weight is 325 g/mol. The van der Waals surface area contributed by atoms with Crippen LogP contribution in [0.3, 0.4) is 0 Å². The number of hydrogen-bond donors (Lipinski definition) is 0. The van der Waals surface area contributed by atoms with Crippen molar-refractivity contribution in [1.82, 2.24) is 14.5 Å². The van der Waals surface area contributed by atoms with Crippen LogP contribution in [0.25, 0.3) is 10.1 Å². The van der Waals surface area contributed by atoms with E-state index in [4.69, 9.17) is 0 Å². The molecule has 0 atom stereocenters. The monoisotopic (exact) mass is 325 g/mol. The van der Waals surface area contributed by atoms with E-state index in [0.717, 1.165) is 20.5 Å². The number of hydrogen-bond acceptors (Lipinski definition) is 4. The second-order valence-corrected chi connectivity index (χ2v) is 6.79. The van der Waals surface area contributed by atoms with E-state index in [0.29, 0.717) is 25.2 Å². The lowest BCUT2D eigenvalue weighted by atomic mass is 10.1. The molecule has 23 heavy (non-hydrogen) atoms. The molecule has 4 rings (SSSR count). The fourth-order valence-electron chi connectivity index (χ4n) is 2.93. The molecule has 1 aliphatic heterocycles. The molecular formula is C17H15N3O2S. The van der Waals surface area contributed by atoms with Gasteiger partial charge in [-0.1, -0.05) is 18.2 Å². The molecular weight excluding hydrogens is 310 g/mol. The Bertz CT molecular complexity index is 940. The van der Waals surface area contributed by atoms with Crippen molar-refractivity contribution >= 4 is 27.3 Å². The van der Waals surface area contributed by atoms with Crippen LogP contribution in [0.2, 0.25) is 0 Å². The minimum atomic E-state index is -0.0102. The van der Waals surface area contributed by atoms with Gasteiger partial charge in [0.2, 0.25) is 0 Å². The van der Waals surface area contributed by atoms with Crippen LogP contribution >= 0.6 is 11.3 Å². The zero-order valence-corrected chi connectivity index (χ0v) is 13.5. The summed E-state index contributed by atoms with van der Waals surface area (Å²) in [5.74, 6) is 0.0133. The van der Waals surface area contributed by atoms with Crippen LogP contribution in [0.1, 0.15) is 20.9 Å². The minimum Gasteiger partial charge on any atom is -0.332 e. The molecule has 0 unspecified atom stereocenters. The van der Waals surface area contributed by atoms with Gasteiger partial charge in [-0.2, -0.15) is 0 Å². The van der Waals surface area contributed by atoms with Crippen molar-refractivity contribution < 1.29 is 4.79 Å². The molecule has 0 saturated carbocycles. The number of carbonyl (C=O) groups is 1. The van der Waals surface area contributed by atoms with Crippen LogP contribution in [0.5, 0.6) is 0 Å². The summed E-state index contributed by atoms with van der Waals surface area (Å²) in [5.41, 5.74) is 1.44. The average Bonchev–Trinajstić information content (AvgIpc) is 3.01. The summed E-state index contributed by atoms with van der Waals surface area (Å²) in [4.78, 5) is 31.7. The summed E-state index contributed by atoms with van der Waals surface area (Å²) in [6.45, 7) is 0.958. The number of thiophene rings is 1. The van der Waals surface area contributed by atoms with E-state index < -0.39 is 0 Å². The molecule has 0 bridgehead atoms. The smallest absolute Gasteiger partial charge is 0.264 e. The Morgan fingerprint density at radius 2 is 2.13 bits per heavy atom. The zero-order chi connectivity index (χ0) is 16.0. The third-order valence-electron chi connectivity index (χ3n) is 4.21. The van der Waals surface area contributed by atoms with Crippen molar-refractivity contribution in [3.63, 3.8) is 0 Å². The number of aromatic nitrogens is 2. The predicted octanol–water partition coefficient (Wildman–Crippen LogP) is 2.19. The Morgan fingerprint density at radius 3 is 2.96 bits per heavy atom. The SMILES string of the molecule is Cn1cnc2c(c1=O)CCN(C(=O)c1cc3ccccc3s1)C2. The van der Waals surface area contributed by atoms with E-state index in [9.17, 15) is 9.59 Å². The molecule has 0 fully saturated rings. The van der Waals surface area contributed by atoms with Gasteiger partial charge in [-0.25, -0.2) is 4.98 Å². The molecule has 0 saturated heterocycles. The predicted molar refractivity (Wildman–Crippen MR) is 89.7 cm³/mol. The van der Waals surface area contributed by atoms with Crippen LogP contribution in [0.15, 0.2) is 41.5 Å². The first-order chi connectivity index (χ1) is 11.1. The maximum atomic E-state index is 12.8. The van der Waals surface area contributed by atoms with Gasteiger partial charge in [0.1, 0.15) is 0 Å². The van der Waals surface area contributed by atoms with Gasteiger partial charge < -0.3 is 9.47 Å². The van der Waals surface area contributed by atoms with Gasteiger partial charge in [-0.3, -0.25) is 9.59 Å². The van der Waals surface area contributed by atoms with Gasteiger partial charge in [-0.05, 0) is 23.9 Å². The molecule has 5 nitrogen and oxygen atoms in total. The molecule has 1 aromatic carbocycles. The third-order valence-corrected chi connectivity index (χ3v) is 5.31. The highest BCUT2D eigenvalue weighted by Gasteiger charge is 2.25. The fraction of sp³-hybridized carbons (Fsp3) is 0.235. The van der Waals surface area contributed by atoms with Gasteiger partial charge in [-0.15, -0.1) is 11.3 Å². The molecule has 2 aromatic heterocycles. The second-order valence-electron chi connectivity index (χ2n) is 5.71. The van der Waals surface area contributed by atoms with E-state index in [1.807, 2.05) is 30.3 Å². The van der Waals surface area contributed by atoms with Crippen LogP contribution in [0.4, 0.5) is 0 Å². The van der Waals surface area contributed by atoms with E-state index in [1.165, 1.54) is 22.2 Å². The Morgan fingerprint density at radius 1 is 1.30 bits per heavy atom. The third kappa shape index (κ3) is 2.35. The summed E-state index contributed by atoms with van der Waals surface area (Å²) in [7, 11) is 1.70. The Hall–Kier alpha value is -2.47. The molecule has 1 amide bonds. The molecule has 1 aliphatic rings. The topological polar surface area (TPSA) is 55.2 Å². The van der Waals surface area contributed by atoms with Gasteiger partial charge in [0.25, 0.3) is 11.5 Å². The lowest BCUT2D eigenvalue weighted by molar-refractivity contribution is 0.0736. The molecule has 0 radical (unpaired) electrons. The maximum Gasteiger partial charge on any atom is 0.264 e. The molecule has 3 heterocycles. The van der Waals surface area contributed by atoms with Gasteiger partial charge >= 0.3 is 0 Å². The van der Waals surface area contributed by atoms with Crippen molar-refractivity contribution in [2.75, 3.05) is 6.54 Å². The summed E-state index contributed by atoms with van der Waals surface area (Å²) >= 11 is 1.51. The molecule has 0 spiro atoms. The summed E-state index contributed by atoms with van der Waals surface area (Å²) in [6, 6.07) is 9.92. The van der Waals surface area contributed by atoms with Crippen LogP contribution < -0.4 is 5.56 Å². The molecule has 0 aliphatic carbocycles. The van der Waals surface area contributed by atoms with Crippen LogP contribution in [-0.4, -0.2) is 26.9 Å². The molecule has 116 valence electrons. The van der Waals surface area contributed by atoms with E-state index >= 15 is 0 Å². The van der Waals surface area contributed by atoms with E-state index in [-0.39, 0.29) is 11.5 Å². The van der Waals surface area contributed by atoms with Gasteiger partial charge in [0.05, 0.1) is 23.4 Å². The first-order valence-electron chi connectivity index (χ1n) is 7.45. The molecule has 6 heteroatoms. The Balaban J connectivity index is 1.65. The summed E-state index contributed by atoms with van der Waals surface area (Å²) in [5, 5.41) is 1.09. The number of fused-ring (bicyclic) bond motifs is 2. The Labute approximate surface area is 136 Å². The second kappa shape index (κ2) is 5.31. The lowest BCUT2D eigenvalue weighted by Gasteiger charge is -2.27. The van der Waals surface area contributed by atoms with Gasteiger partial charge in [0.15, 0.2) is 0 Å². The highest BCUT2D eigenvalue weighted by atomic mass is 32.1. The van der Waals surface area contributed by atoms with Gasteiger partial charge in [0, 0.05) is 23.9 Å². The van der Waals surface area contributed by atoms with Crippen LogP contribution in [-0.2, 0) is 20.0 Å². The van der Waals surface area contributed by atoms with Crippen molar-refractivity contribution in [1.29, 1.82) is 0 Å². The van der Waals surface area contributed by atoms with Crippen molar-refractivity contribution in [3.8, 4) is 0 Å². The largest absolute Gasteiger partial charge is 0.332 e. The fourth-order valence-corrected chi connectivity index (χ4v) is 3.96. The number of rotatable bonds is 1. The lowest BCUT2D eigenvalue weighted by Crippen LogP contribution is -2.39. The quantitative estimate of drug-likeness (QED) is 0.689. The highest BCUT2D eigenvalue weighted by Crippen LogP contribution is 2.27. The maximum absolute atomic E-state index is 12.8.